The Balaban J connectivity index is 1.97. The number of nitrogens with zero attached hydrogens (tertiary/aromatic N) is 3. The fourth-order valence-corrected chi connectivity index (χ4v) is 3.67. The van der Waals surface area contributed by atoms with E-state index in [1.807, 2.05) is 19.1 Å². The van der Waals surface area contributed by atoms with Gasteiger partial charge >= 0.3 is 0 Å². The van der Waals surface area contributed by atoms with Crippen LogP contribution in [0.1, 0.15) is 26.3 Å². The van der Waals surface area contributed by atoms with Crippen molar-refractivity contribution in [3.8, 4) is 11.5 Å². The van der Waals surface area contributed by atoms with Crippen molar-refractivity contribution in [1.82, 2.24) is 4.98 Å². The third-order valence-corrected chi connectivity index (χ3v) is 5.12. The monoisotopic (exact) mass is 359 g/mol. The van der Waals surface area contributed by atoms with Crippen molar-refractivity contribution in [2.24, 2.45) is 4.99 Å². The minimum Gasteiger partial charge on any atom is -0.452 e. The van der Waals surface area contributed by atoms with E-state index in [2.05, 4.69) is 61.0 Å². The van der Waals surface area contributed by atoms with E-state index in [-0.39, 0.29) is 0 Å². The van der Waals surface area contributed by atoms with Gasteiger partial charge in [-0.2, -0.15) is 0 Å². The molecule has 0 amide bonds. The summed E-state index contributed by atoms with van der Waals surface area (Å²) >= 11 is 0. The first-order valence-electron chi connectivity index (χ1n) is 9.68. The molecule has 0 spiro atoms. The predicted molar refractivity (Wildman–Crippen MR) is 113 cm³/mol. The maximum Gasteiger partial charge on any atom is 0.160 e. The van der Waals surface area contributed by atoms with Crippen LogP contribution in [0.15, 0.2) is 51.9 Å². The lowest BCUT2D eigenvalue weighted by molar-refractivity contribution is 0.615. The van der Waals surface area contributed by atoms with E-state index in [1.54, 1.807) is 0 Å². The van der Waals surface area contributed by atoms with Crippen molar-refractivity contribution >= 4 is 27.6 Å². The van der Waals surface area contributed by atoms with Crippen molar-refractivity contribution in [2.75, 3.05) is 24.5 Å². The molecule has 2 aliphatic rings. The number of anilines is 1. The van der Waals surface area contributed by atoms with Gasteiger partial charge in [0.25, 0.3) is 0 Å². The van der Waals surface area contributed by atoms with E-state index in [4.69, 9.17) is 9.40 Å². The third-order valence-electron chi connectivity index (χ3n) is 5.12. The number of benzene rings is 3. The van der Waals surface area contributed by atoms with Gasteiger partial charge in [0.15, 0.2) is 11.3 Å². The summed E-state index contributed by atoms with van der Waals surface area (Å²) in [6.45, 7) is 11.2. The number of aryl methyl sites for hydroxylation is 1. The zero-order chi connectivity index (χ0) is 19.0. The average molecular weight is 359 g/mol. The molecule has 27 heavy (non-hydrogen) atoms. The van der Waals surface area contributed by atoms with Crippen LogP contribution in [0.3, 0.4) is 0 Å². The van der Waals surface area contributed by atoms with Crippen LogP contribution in [0.5, 0.6) is 0 Å². The van der Waals surface area contributed by atoms with Crippen molar-refractivity contribution in [3.63, 3.8) is 0 Å². The molecule has 4 nitrogen and oxygen atoms in total. The Morgan fingerprint density at radius 1 is 1.00 bits per heavy atom. The quantitative estimate of drug-likeness (QED) is 0.373. The molecule has 1 aliphatic carbocycles. The van der Waals surface area contributed by atoms with Crippen molar-refractivity contribution < 1.29 is 4.42 Å². The van der Waals surface area contributed by atoms with Crippen LogP contribution in [0, 0.1) is 6.92 Å². The third kappa shape index (κ3) is 3.05. The summed E-state index contributed by atoms with van der Waals surface area (Å²) in [5.41, 5.74) is 4.94. The first-order valence-corrected chi connectivity index (χ1v) is 9.68. The topological polar surface area (TPSA) is 41.6 Å². The Labute approximate surface area is 159 Å². The standard InChI is InChI=1S/C23H25N3O/c1-5-24-20-14-22-21(12-15(20)4)25-19-11-8-16-13-17(26(6-2)7-3)9-10-18(16)23(19)27-22/h8-14H,5-7H2,1-4H3. The molecule has 0 radical (unpaired) electrons. The second-order valence-corrected chi connectivity index (χ2v) is 6.79. The normalized spacial score (nSPS) is 12.4. The SMILES string of the molecule is CCN=c1cc2oc3c(ccc4cc(N(CC)CC)ccc43)nc-2cc1C. The molecule has 0 bridgehead atoms. The van der Waals surface area contributed by atoms with Gasteiger partial charge in [-0.15, -0.1) is 0 Å². The van der Waals surface area contributed by atoms with Crippen molar-refractivity contribution in [2.45, 2.75) is 27.7 Å². The van der Waals surface area contributed by atoms with Gasteiger partial charge in [0.05, 0.1) is 5.36 Å². The van der Waals surface area contributed by atoms with Crippen molar-refractivity contribution in [3.05, 3.63) is 53.4 Å². The summed E-state index contributed by atoms with van der Waals surface area (Å²) in [5.74, 6) is 0.778. The van der Waals surface area contributed by atoms with Gasteiger partial charge in [-0.1, -0.05) is 6.07 Å². The van der Waals surface area contributed by atoms with E-state index in [1.165, 1.54) is 11.1 Å². The first kappa shape index (κ1) is 17.5. The highest BCUT2D eigenvalue weighted by molar-refractivity contribution is 6.04. The van der Waals surface area contributed by atoms with E-state index >= 15 is 0 Å². The van der Waals surface area contributed by atoms with Gasteiger partial charge in [-0.05, 0) is 69.0 Å². The van der Waals surface area contributed by atoms with Crippen LogP contribution in [0.25, 0.3) is 33.3 Å². The Morgan fingerprint density at radius 3 is 2.56 bits per heavy atom. The van der Waals surface area contributed by atoms with Gasteiger partial charge in [0.1, 0.15) is 11.2 Å². The number of fused-ring (bicyclic) bond motifs is 4. The van der Waals surface area contributed by atoms with Crippen LogP contribution in [-0.2, 0) is 0 Å². The van der Waals surface area contributed by atoms with Gasteiger partial charge in [-0.3, -0.25) is 4.99 Å². The van der Waals surface area contributed by atoms with Crippen molar-refractivity contribution in [1.29, 1.82) is 0 Å². The Morgan fingerprint density at radius 2 is 1.81 bits per heavy atom. The number of aromatic nitrogens is 1. The Kier molecular flexibility index (Phi) is 4.56. The summed E-state index contributed by atoms with van der Waals surface area (Å²) in [6, 6.07) is 14.8. The number of hydrogen-bond donors (Lipinski definition) is 0. The summed E-state index contributed by atoms with van der Waals surface area (Å²) in [7, 11) is 0. The lowest BCUT2D eigenvalue weighted by Gasteiger charge is -2.21. The second-order valence-electron chi connectivity index (χ2n) is 6.79. The molecule has 0 unspecified atom stereocenters. The molecule has 1 heterocycles. The molecule has 0 N–H and O–H groups in total. The summed E-state index contributed by atoms with van der Waals surface area (Å²) in [6.07, 6.45) is 0. The highest BCUT2D eigenvalue weighted by Crippen LogP contribution is 2.32. The van der Waals surface area contributed by atoms with Crippen LogP contribution in [-0.4, -0.2) is 24.6 Å². The molecule has 0 aromatic heterocycles. The average Bonchev–Trinajstić information content (AvgIpc) is 2.68. The number of hydrogen-bond acceptors (Lipinski definition) is 4. The molecule has 0 atom stereocenters. The Hall–Kier alpha value is -2.88. The number of rotatable bonds is 4. The molecule has 138 valence electrons. The molecule has 0 fully saturated rings. The van der Waals surface area contributed by atoms with E-state index in [9.17, 15) is 0 Å². The zero-order valence-electron chi connectivity index (χ0n) is 16.4. The molecule has 2 aromatic rings. The minimum absolute atomic E-state index is 0.754. The minimum atomic E-state index is 0.754. The van der Waals surface area contributed by atoms with Gasteiger partial charge < -0.3 is 9.32 Å². The molecular formula is C23H25N3O. The summed E-state index contributed by atoms with van der Waals surface area (Å²) < 4.78 is 6.32. The maximum atomic E-state index is 6.32. The zero-order valence-corrected chi connectivity index (χ0v) is 16.4. The van der Waals surface area contributed by atoms with Gasteiger partial charge in [0.2, 0.25) is 0 Å². The van der Waals surface area contributed by atoms with E-state index in [0.717, 1.165) is 58.5 Å². The highest BCUT2D eigenvalue weighted by atomic mass is 16.3. The highest BCUT2D eigenvalue weighted by Gasteiger charge is 2.13. The van der Waals surface area contributed by atoms with Gasteiger partial charge in [0, 0.05) is 36.8 Å². The van der Waals surface area contributed by atoms with Crippen LogP contribution < -0.4 is 10.3 Å². The fraction of sp³-hybridized carbons (Fsp3) is 0.304. The smallest absolute Gasteiger partial charge is 0.160 e. The largest absolute Gasteiger partial charge is 0.452 e. The van der Waals surface area contributed by atoms with E-state index in [0.29, 0.717) is 0 Å². The summed E-state index contributed by atoms with van der Waals surface area (Å²) in [4.78, 5) is 11.7. The molecule has 2 aromatic carbocycles. The van der Waals surface area contributed by atoms with Crippen LogP contribution in [0.4, 0.5) is 5.69 Å². The molecule has 4 heteroatoms. The lowest BCUT2D eigenvalue weighted by atomic mass is 10.1. The summed E-state index contributed by atoms with van der Waals surface area (Å²) in [5, 5.41) is 3.23. The lowest BCUT2D eigenvalue weighted by Crippen LogP contribution is -2.21. The first-order chi connectivity index (χ1) is 13.1. The van der Waals surface area contributed by atoms with Crippen LogP contribution in [0.2, 0.25) is 0 Å². The fourth-order valence-electron chi connectivity index (χ4n) is 3.67. The molecule has 0 saturated carbocycles. The molecular weight excluding hydrogens is 334 g/mol. The van der Waals surface area contributed by atoms with Gasteiger partial charge in [-0.25, -0.2) is 4.98 Å². The van der Waals surface area contributed by atoms with E-state index < -0.39 is 0 Å². The second kappa shape index (κ2) is 7.03. The molecule has 0 saturated heterocycles. The van der Waals surface area contributed by atoms with Crippen LogP contribution >= 0.6 is 0 Å². The Bertz CT molecular complexity index is 1160. The predicted octanol–water partition coefficient (Wildman–Crippen LogP) is 5.16. The molecule has 4 rings (SSSR count). The molecule has 1 aliphatic heterocycles. The maximum absolute atomic E-state index is 6.32.